The Hall–Kier alpha value is -3.06. The van der Waals surface area contributed by atoms with Gasteiger partial charge in [0.15, 0.2) is 0 Å². The smallest absolute Gasteiger partial charge is 0.239 e. The number of carbonyl (C=O) groups excluding carboxylic acids is 1. The maximum Gasteiger partial charge on any atom is 0.239 e. The molecule has 1 atom stereocenters. The largest absolute Gasteiger partial charge is 0.464 e. The molecule has 0 radical (unpaired) electrons. The van der Waals surface area contributed by atoms with Gasteiger partial charge in [-0.25, -0.2) is 8.42 Å². The predicted molar refractivity (Wildman–Crippen MR) is 132 cm³/mol. The molecule has 0 spiro atoms. The fourth-order valence-electron chi connectivity index (χ4n) is 5.13. The Morgan fingerprint density at radius 2 is 1.85 bits per heavy atom. The molecule has 1 amide bonds. The van der Waals surface area contributed by atoms with Crippen LogP contribution < -0.4 is 9.62 Å². The van der Waals surface area contributed by atoms with Crippen LogP contribution >= 0.6 is 0 Å². The normalized spacial score (nSPS) is 18.4. The van der Waals surface area contributed by atoms with Crippen molar-refractivity contribution >= 4 is 21.6 Å². The van der Waals surface area contributed by atoms with Gasteiger partial charge < -0.3 is 9.73 Å². The van der Waals surface area contributed by atoms with E-state index in [1.807, 2.05) is 70.2 Å². The molecule has 1 unspecified atom stereocenters. The molecule has 3 aromatic rings. The molecule has 1 aliphatic heterocycles. The molecule has 34 heavy (non-hydrogen) atoms. The average Bonchev–Trinajstić information content (AvgIpc) is 3.41. The van der Waals surface area contributed by atoms with E-state index in [-0.39, 0.29) is 11.7 Å². The molecule has 1 aromatic heterocycles. The van der Waals surface area contributed by atoms with Crippen LogP contribution in [-0.4, -0.2) is 20.9 Å². The molecule has 0 saturated heterocycles. The quantitative estimate of drug-likeness (QED) is 0.551. The second-order valence-electron chi connectivity index (χ2n) is 9.56. The predicted octanol–water partition coefficient (Wildman–Crippen LogP) is 4.81. The lowest BCUT2D eigenvalue weighted by molar-refractivity contribution is -0.124. The molecule has 1 aliphatic carbocycles. The van der Waals surface area contributed by atoms with Crippen LogP contribution in [0.25, 0.3) is 0 Å². The number of amides is 1. The third-order valence-corrected chi connectivity index (χ3v) is 8.91. The summed E-state index contributed by atoms with van der Waals surface area (Å²) in [6.07, 6.45) is 1.47. The average molecular weight is 479 g/mol. The van der Waals surface area contributed by atoms with Gasteiger partial charge in [0.05, 0.1) is 16.9 Å². The van der Waals surface area contributed by atoms with Crippen LogP contribution in [0.2, 0.25) is 0 Å². The van der Waals surface area contributed by atoms with Crippen molar-refractivity contribution in [3.05, 3.63) is 87.9 Å². The maximum atomic E-state index is 13.7. The Labute approximate surface area is 201 Å². The SMILES string of the molecule is CCN1c2ccc(C3(C(=O)NC(c4ccc(C)o4)c4ccc(C)cc4C)CC3)cc2CS1(=O)=O. The van der Waals surface area contributed by atoms with E-state index in [2.05, 4.69) is 11.4 Å². The minimum atomic E-state index is -3.34. The molecule has 0 bridgehead atoms. The van der Waals surface area contributed by atoms with Gasteiger partial charge in [0.2, 0.25) is 15.9 Å². The number of furan rings is 1. The summed E-state index contributed by atoms with van der Waals surface area (Å²) in [5, 5.41) is 3.27. The third-order valence-electron chi connectivity index (χ3n) is 7.10. The van der Waals surface area contributed by atoms with Crippen LogP contribution in [0.3, 0.4) is 0 Å². The Morgan fingerprint density at radius 3 is 2.47 bits per heavy atom. The third kappa shape index (κ3) is 3.72. The van der Waals surface area contributed by atoms with Crippen molar-refractivity contribution in [3.8, 4) is 0 Å². The van der Waals surface area contributed by atoms with Gasteiger partial charge in [-0.05, 0) is 81.0 Å². The number of carbonyl (C=O) groups is 1. The van der Waals surface area contributed by atoms with E-state index in [1.165, 1.54) is 4.31 Å². The van der Waals surface area contributed by atoms with E-state index in [0.29, 0.717) is 12.3 Å². The monoisotopic (exact) mass is 478 g/mol. The van der Waals surface area contributed by atoms with E-state index in [0.717, 1.165) is 52.1 Å². The molecule has 1 N–H and O–H groups in total. The molecule has 178 valence electrons. The van der Waals surface area contributed by atoms with Gasteiger partial charge in [-0.1, -0.05) is 35.9 Å². The van der Waals surface area contributed by atoms with Crippen molar-refractivity contribution < 1.29 is 17.6 Å². The summed E-state index contributed by atoms with van der Waals surface area (Å²) < 4.78 is 32.4. The molecule has 5 rings (SSSR count). The van der Waals surface area contributed by atoms with Crippen LogP contribution in [0, 0.1) is 20.8 Å². The minimum absolute atomic E-state index is 0.0153. The second-order valence-corrected chi connectivity index (χ2v) is 11.5. The molecule has 7 heteroatoms. The second kappa shape index (κ2) is 8.01. The van der Waals surface area contributed by atoms with Gasteiger partial charge in [-0.15, -0.1) is 0 Å². The number of aryl methyl sites for hydroxylation is 3. The van der Waals surface area contributed by atoms with Gasteiger partial charge in [0.1, 0.15) is 17.6 Å². The summed E-state index contributed by atoms with van der Waals surface area (Å²) in [7, 11) is -3.34. The number of sulfonamides is 1. The zero-order valence-corrected chi connectivity index (χ0v) is 20.8. The van der Waals surface area contributed by atoms with E-state index in [1.54, 1.807) is 0 Å². The van der Waals surface area contributed by atoms with Crippen molar-refractivity contribution in [3.63, 3.8) is 0 Å². The van der Waals surface area contributed by atoms with Gasteiger partial charge >= 0.3 is 0 Å². The summed E-state index contributed by atoms with van der Waals surface area (Å²) in [5.74, 6) is 1.42. The number of hydrogen-bond acceptors (Lipinski definition) is 4. The first-order chi connectivity index (χ1) is 16.1. The number of rotatable bonds is 6. The number of fused-ring (bicyclic) bond motifs is 1. The topological polar surface area (TPSA) is 79.6 Å². The summed E-state index contributed by atoms with van der Waals surface area (Å²) in [6, 6.07) is 15.3. The number of benzene rings is 2. The molecular weight excluding hydrogens is 448 g/mol. The summed E-state index contributed by atoms with van der Waals surface area (Å²) in [4.78, 5) is 13.7. The van der Waals surface area contributed by atoms with E-state index < -0.39 is 21.5 Å². The molecule has 1 fully saturated rings. The van der Waals surface area contributed by atoms with Crippen LogP contribution in [-0.2, 0) is 26.0 Å². The first kappa shape index (κ1) is 22.7. The molecule has 2 aliphatic rings. The van der Waals surface area contributed by atoms with Gasteiger partial charge in [-0.3, -0.25) is 9.10 Å². The summed E-state index contributed by atoms with van der Waals surface area (Å²) in [6.45, 7) is 8.23. The van der Waals surface area contributed by atoms with Crippen LogP contribution in [0.5, 0.6) is 0 Å². The number of nitrogens with one attached hydrogen (secondary N) is 1. The maximum absolute atomic E-state index is 13.7. The van der Waals surface area contributed by atoms with E-state index >= 15 is 0 Å². The molecule has 6 nitrogen and oxygen atoms in total. The van der Waals surface area contributed by atoms with Crippen molar-refractivity contribution in [1.29, 1.82) is 0 Å². The molecule has 2 aromatic carbocycles. The Morgan fingerprint density at radius 1 is 1.09 bits per heavy atom. The summed E-state index contributed by atoms with van der Waals surface area (Å²) >= 11 is 0. The van der Waals surface area contributed by atoms with E-state index in [9.17, 15) is 13.2 Å². The fraction of sp³-hybridized carbons (Fsp3) is 0.370. The highest BCUT2D eigenvalue weighted by atomic mass is 32.2. The standard InChI is InChI=1S/C27H30N2O4S/c1-5-29-23-10-8-21(15-20(23)16-34(29,31)32)27(12-13-27)26(30)28-25(24-11-7-19(4)33-24)22-9-6-17(2)14-18(22)3/h6-11,14-15,25H,5,12-13,16H2,1-4H3,(H,28,30). The fourth-order valence-corrected chi connectivity index (χ4v) is 6.79. The zero-order chi connectivity index (χ0) is 24.3. The first-order valence-electron chi connectivity index (χ1n) is 11.7. The molecule has 2 heterocycles. The lowest BCUT2D eigenvalue weighted by atomic mass is 9.91. The highest BCUT2D eigenvalue weighted by molar-refractivity contribution is 7.92. The lowest BCUT2D eigenvalue weighted by Gasteiger charge is -2.24. The van der Waals surface area contributed by atoms with Crippen molar-refractivity contribution in [1.82, 2.24) is 5.32 Å². The van der Waals surface area contributed by atoms with Gasteiger partial charge in [0, 0.05) is 6.54 Å². The van der Waals surface area contributed by atoms with Crippen LogP contribution in [0.15, 0.2) is 52.9 Å². The van der Waals surface area contributed by atoms with Crippen molar-refractivity contribution in [2.45, 2.75) is 57.7 Å². The highest BCUT2D eigenvalue weighted by Gasteiger charge is 2.52. The molecule has 1 saturated carbocycles. The van der Waals surface area contributed by atoms with Crippen LogP contribution in [0.1, 0.15) is 65.1 Å². The van der Waals surface area contributed by atoms with Gasteiger partial charge in [0.25, 0.3) is 0 Å². The van der Waals surface area contributed by atoms with Crippen molar-refractivity contribution in [2.75, 3.05) is 10.8 Å². The van der Waals surface area contributed by atoms with Gasteiger partial charge in [-0.2, -0.15) is 0 Å². The van der Waals surface area contributed by atoms with Crippen LogP contribution in [0.4, 0.5) is 5.69 Å². The summed E-state index contributed by atoms with van der Waals surface area (Å²) in [5.41, 5.74) is 4.99. The Bertz CT molecular complexity index is 1390. The first-order valence-corrected chi connectivity index (χ1v) is 13.3. The number of nitrogens with zero attached hydrogens (tertiary/aromatic N) is 1. The number of hydrogen-bond donors (Lipinski definition) is 1. The zero-order valence-electron chi connectivity index (χ0n) is 20.0. The Kier molecular flexibility index (Phi) is 5.35. The highest BCUT2D eigenvalue weighted by Crippen LogP contribution is 2.50. The Balaban J connectivity index is 1.48. The number of anilines is 1. The minimum Gasteiger partial charge on any atom is -0.464 e. The molecular formula is C27H30N2O4S. The lowest BCUT2D eigenvalue weighted by Crippen LogP contribution is -2.38. The van der Waals surface area contributed by atoms with E-state index in [4.69, 9.17) is 4.42 Å². The van der Waals surface area contributed by atoms with Crippen molar-refractivity contribution in [2.24, 2.45) is 0 Å².